The van der Waals surface area contributed by atoms with Crippen molar-refractivity contribution in [2.75, 3.05) is 13.2 Å². The van der Waals surface area contributed by atoms with E-state index in [2.05, 4.69) is 13.2 Å². The van der Waals surface area contributed by atoms with Crippen LogP contribution in [-0.2, 0) is 19.1 Å². The number of hydrogen-bond acceptors (Lipinski definition) is 4. The maximum Gasteiger partial charge on any atom is 0.333 e. The molecule has 0 heterocycles. The van der Waals surface area contributed by atoms with Gasteiger partial charge >= 0.3 is 11.9 Å². The van der Waals surface area contributed by atoms with E-state index in [-0.39, 0.29) is 23.8 Å². The molecule has 1 rings (SSSR count). The van der Waals surface area contributed by atoms with Gasteiger partial charge in [0.2, 0.25) is 0 Å². The van der Waals surface area contributed by atoms with Crippen molar-refractivity contribution in [1.82, 2.24) is 0 Å². The van der Waals surface area contributed by atoms with Gasteiger partial charge < -0.3 is 9.47 Å². The lowest BCUT2D eigenvalue weighted by Crippen LogP contribution is -2.23. The van der Waals surface area contributed by atoms with Crippen LogP contribution >= 0.6 is 0 Å². The summed E-state index contributed by atoms with van der Waals surface area (Å²) in [6, 6.07) is 0. The summed E-state index contributed by atoms with van der Waals surface area (Å²) in [7, 11) is 0. The third-order valence-corrected chi connectivity index (χ3v) is 3.37. The molecule has 0 aromatic carbocycles. The summed E-state index contributed by atoms with van der Waals surface area (Å²) in [5, 5.41) is 0. The highest BCUT2D eigenvalue weighted by molar-refractivity contribution is 5.87. The molecule has 2 unspecified atom stereocenters. The van der Waals surface area contributed by atoms with Crippen LogP contribution in [-0.4, -0.2) is 25.2 Å². The predicted octanol–water partition coefficient (Wildman–Crippen LogP) is 2.64. The minimum Gasteiger partial charge on any atom is -0.462 e. The van der Waals surface area contributed by atoms with Crippen LogP contribution in [0.25, 0.3) is 0 Å². The Bertz CT molecular complexity index is 348. The van der Waals surface area contributed by atoms with Crippen molar-refractivity contribution in [1.29, 1.82) is 0 Å². The number of ether oxygens (including phenoxy) is 2. The van der Waals surface area contributed by atoms with E-state index in [4.69, 9.17) is 9.47 Å². The molecule has 4 nitrogen and oxygen atoms in total. The molecule has 0 bridgehead atoms. The smallest absolute Gasteiger partial charge is 0.333 e. The third kappa shape index (κ3) is 4.89. The average Bonchev–Trinajstić information content (AvgIpc) is 2.79. The van der Waals surface area contributed by atoms with Crippen LogP contribution < -0.4 is 0 Å². The molecule has 19 heavy (non-hydrogen) atoms. The van der Waals surface area contributed by atoms with Crippen LogP contribution in [0.4, 0.5) is 0 Å². The van der Waals surface area contributed by atoms with Gasteiger partial charge in [0.05, 0.1) is 13.2 Å². The lowest BCUT2D eigenvalue weighted by molar-refractivity contribution is -0.144. The van der Waals surface area contributed by atoms with Crippen LogP contribution in [0.5, 0.6) is 0 Å². The zero-order valence-corrected chi connectivity index (χ0v) is 11.7. The summed E-state index contributed by atoms with van der Waals surface area (Å²) < 4.78 is 10.4. The van der Waals surface area contributed by atoms with Gasteiger partial charge in [-0.3, -0.25) is 0 Å². The molecule has 1 fully saturated rings. The van der Waals surface area contributed by atoms with Gasteiger partial charge in [-0.05, 0) is 38.5 Å². The molecule has 1 aliphatic carbocycles. The Kier molecular flexibility index (Phi) is 5.80. The largest absolute Gasteiger partial charge is 0.462 e. The first-order valence-corrected chi connectivity index (χ1v) is 6.57. The molecule has 0 aromatic heterocycles. The van der Waals surface area contributed by atoms with Crippen LogP contribution in [0.1, 0.15) is 33.1 Å². The van der Waals surface area contributed by atoms with Gasteiger partial charge in [0, 0.05) is 11.1 Å². The van der Waals surface area contributed by atoms with E-state index in [9.17, 15) is 9.59 Å². The van der Waals surface area contributed by atoms with Gasteiger partial charge in [-0.2, -0.15) is 0 Å². The Balaban J connectivity index is 2.37. The molecular weight excluding hydrogens is 244 g/mol. The predicted molar refractivity (Wildman–Crippen MR) is 72.4 cm³/mol. The highest BCUT2D eigenvalue weighted by atomic mass is 16.5. The van der Waals surface area contributed by atoms with Crippen molar-refractivity contribution in [3.05, 3.63) is 24.3 Å². The van der Waals surface area contributed by atoms with E-state index < -0.39 is 0 Å². The van der Waals surface area contributed by atoms with Crippen LogP contribution in [0, 0.1) is 11.8 Å². The maximum absolute atomic E-state index is 11.3. The molecule has 0 aromatic rings. The van der Waals surface area contributed by atoms with Crippen molar-refractivity contribution in [3.63, 3.8) is 0 Å². The Labute approximate surface area is 114 Å². The highest BCUT2D eigenvalue weighted by Crippen LogP contribution is 2.32. The standard InChI is InChI=1S/C15H22O4/c1-10(2)14(16)18-8-12-6-5-7-13(12)9-19-15(17)11(3)4/h12-13H,1,3,5-9H2,2,4H3. The second-order valence-electron chi connectivity index (χ2n) is 5.21. The number of rotatable bonds is 6. The van der Waals surface area contributed by atoms with E-state index in [1.54, 1.807) is 13.8 Å². The molecule has 1 saturated carbocycles. The van der Waals surface area contributed by atoms with Gasteiger partial charge in [-0.25, -0.2) is 9.59 Å². The lowest BCUT2D eigenvalue weighted by atomic mass is 9.98. The first kappa shape index (κ1) is 15.5. The van der Waals surface area contributed by atoms with Crippen molar-refractivity contribution in [3.8, 4) is 0 Å². The zero-order chi connectivity index (χ0) is 14.4. The van der Waals surface area contributed by atoms with E-state index >= 15 is 0 Å². The van der Waals surface area contributed by atoms with Gasteiger partial charge in [-0.15, -0.1) is 0 Å². The SMILES string of the molecule is C=C(C)C(=O)OCC1CCCC1COC(=O)C(=C)C. The van der Waals surface area contributed by atoms with Gasteiger partial charge in [-0.1, -0.05) is 19.6 Å². The van der Waals surface area contributed by atoms with Gasteiger partial charge in [0.1, 0.15) is 0 Å². The van der Waals surface area contributed by atoms with Crippen LogP contribution in [0.15, 0.2) is 24.3 Å². The zero-order valence-electron chi connectivity index (χ0n) is 11.7. The molecule has 0 spiro atoms. The summed E-state index contributed by atoms with van der Waals surface area (Å²) >= 11 is 0. The van der Waals surface area contributed by atoms with Crippen molar-refractivity contribution in [2.45, 2.75) is 33.1 Å². The number of esters is 2. The fourth-order valence-corrected chi connectivity index (χ4v) is 2.16. The molecule has 2 atom stereocenters. The van der Waals surface area contributed by atoms with Crippen molar-refractivity contribution >= 4 is 11.9 Å². The molecule has 0 radical (unpaired) electrons. The second kappa shape index (κ2) is 7.12. The monoisotopic (exact) mass is 266 g/mol. The molecule has 106 valence electrons. The van der Waals surface area contributed by atoms with E-state index in [1.165, 1.54) is 0 Å². The van der Waals surface area contributed by atoms with E-state index in [1.807, 2.05) is 0 Å². The number of hydrogen-bond donors (Lipinski definition) is 0. The Morgan fingerprint density at radius 3 is 1.63 bits per heavy atom. The summed E-state index contributed by atoms with van der Waals surface area (Å²) in [6.07, 6.45) is 3.07. The molecule has 0 aliphatic heterocycles. The lowest BCUT2D eigenvalue weighted by Gasteiger charge is -2.19. The van der Waals surface area contributed by atoms with Crippen LogP contribution in [0.3, 0.4) is 0 Å². The fourth-order valence-electron chi connectivity index (χ4n) is 2.16. The first-order valence-electron chi connectivity index (χ1n) is 6.57. The second-order valence-corrected chi connectivity index (χ2v) is 5.21. The van der Waals surface area contributed by atoms with Gasteiger partial charge in [0.25, 0.3) is 0 Å². The van der Waals surface area contributed by atoms with Crippen LogP contribution in [0.2, 0.25) is 0 Å². The molecule has 0 amide bonds. The molecule has 0 saturated heterocycles. The minimum atomic E-state index is -0.357. The Morgan fingerprint density at radius 1 is 0.947 bits per heavy atom. The Hall–Kier alpha value is -1.58. The minimum absolute atomic E-state index is 0.265. The van der Waals surface area contributed by atoms with Crippen molar-refractivity contribution < 1.29 is 19.1 Å². The number of carbonyl (C=O) groups is 2. The normalized spacial score (nSPS) is 21.8. The molecule has 1 aliphatic rings. The van der Waals surface area contributed by atoms with E-state index in [0.29, 0.717) is 24.4 Å². The van der Waals surface area contributed by atoms with E-state index in [0.717, 1.165) is 19.3 Å². The Morgan fingerprint density at radius 2 is 1.32 bits per heavy atom. The third-order valence-electron chi connectivity index (χ3n) is 3.37. The fraction of sp³-hybridized carbons (Fsp3) is 0.600. The summed E-state index contributed by atoms with van der Waals surface area (Å²) in [5.74, 6) is -0.184. The summed E-state index contributed by atoms with van der Waals surface area (Å²) in [6.45, 7) is 11.1. The number of carbonyl (C=O) groups excluding carboxylic acids is 2. The average molecular weight is 266 g/mol. The quantitative estimate of drug-likeness (QED) is 0.548. The molecular formula is C15H22O4. The summed E-state index contributed by atoms with van der Waals surface area (Å²) in [4.78, 5) is 22.7. The van der Waals surface area contributed by atoms with Gasteiger partial charge in [0.15, 0.2) is 0 Å². The highest BCUT2D eigenvalue weighted by Gasteiger charge is 2.29. The summed E-state index contributed by atoms with van der Waals surface area (Å²) in [5.41, 5.74) is 0.812. The maximum atomic E-state index is 11.3. The molecule has 4 heteroatoms. The topological polar surface area (TPSA) is 52.6 Å². The molecule has 0 N–H and O–H groups in total. The van der Waals surface area contributed by atoms with Crippen molar-refractivity contribution in [2.24, 2.45) is 11.8 Å². The first-order chi connectivity index (χ1) is 8.91.